The van der Waals surface area contributed by atoms with Crippen LogP contribution in [-0.2, 0) is 9.53 Å². The van der Waals surface area contributed by atoms with Crippen molar-refractivity contribution < 1.29 is 9.53 Å². The summed E-state index contributed by atoms with van der Waals surface area (Å²) in [5.74, 6) is 3.89. The van der Waals surface area contributed by atoms with E-state index in [4.69, 9.17) is 10.1 Å². The van der Waals surface area contributed by atoms with Crippen molar-refractivity contribution in [3.63, 3.8) is 0 Å². The molecule has 0 spiro atoms. The summed E-state index contributed by atoms with van der Waals surface area (Å²) in [5, 5.41) is 8.14. The molecule has 0 saturated heterocycles. The van der Waals surface area contributed by atoms with Gasteiger partial charge in [0.1, 0.15) is 0 Å². The summed E-state index contributed by atoms with van der Waals surface area (Å²) in [6.07, 6.45) is 14.0. The van der Waals surface area contributed by atoms with Crippen LogP contribution in [0, 0.1) is 45.8 Å². The third-order valence-corrected chi connectivity index (χ3v) is 9.87. The fourth-order valence-electron chi connectivity index (χ4n) is 8.34. The molecule has 4 aliphatic rings. The maximum Gasteiger partial charge on any atom is 0.305 e. The summed E-state index contributed by atoms with van der Waals surface area (Å²) in [5.41, 5.74) is 3.25. The number of rotatable bonds is 5. The molecule has 0 amide bonds. The van der Waals surface area contributed by atoms with E-state index in [0.717, 1.165) is 42.2 Å². The fraction of sp³-hybridized carbons (Fsp3) is 0.846. The highest BCUT2D eigenvalue weighted by molar-refractivity contribution is 5.94. The van der Waals surface area contributed by atoms with Gasteiger partial charge in [0.05, 0.1) is 6.61 Å². The number of nitrogens with one attached hydrogen (secondary N) is 1. The minimum absolute atomic E-state index is 0.0230. The highest BCUT2D eigenvalue weighted by atomic mass is 16.5. The second kappa shape index (κ2) is 7.85. The first-order valence-electron chi connectivity index (χ1n) is 12.2. The number of ether oxygens (including phenoxy) is 1. The molecule has 162 valence electrons. The van der Waals surface area contributed by atoms with Crippen molar-refractivity contribution in [3.8, 4) is 0 Å². The lowest BCUT2D eigenvalue weighted by Gasteiger charge is -2.58. The van der Waals surface area contributed by atoms with E-state index in [1.54, 1.807) is 5.57 Å². The van der Waals surface area contributed by atoms with Crippen LogP contribution in [0.5, 0.6) is 0 Å². The van der Waals surface area contributed by atoms with Crippen molar-refractivity contribution in [1.82, 2.24) is 0 Å². The van der Waals surface area contributed by atoms with E-state index in [1.807, 2.05) is 6.92 Å². The number of esters is 1. The Bertz CT molecular complexity index is 697. The molecule has 0 heterocycles. The smallest absolute Gasteiger partial charge is 0.305 e. The maximum absolute atomic E-state index is 11.9. The van der Waals surface area contributed by atoms with Gasteiger partial charge in [0.15, 0.2) is 0 Å². The molecule has 7 atom stereocenters. The van der Waals surface area contributed by atoms with E-state index in [0.29, 0.717) is 29.8 Å². The Kier molecular flexibility index (Phi) is 5.72. The van der Waals surface area contributed by atoms with Gasteiger partial charge in [-0.1, -0.05) is 26.3 Å². The third-order valence-electron chi connectivity index (χ3n) is 9.87. The summed E-state index contributed by atoms with van der Waals surface area (Å²) < 4.78 is 5.17. The minimum Gasteiger partial charge on any atom is -0.466 e. The van der Waals surface area contributed by atoms with Crippen molar-refractivity contribution in [3.05, 3.63) is 11.6 Å². The average molecular weight is 400 g/mol. The van der Waals surface area contributed by atoms with E-state index in [1.165, 1.54) is 44.9 Å². The summed E-state index contributed by atoms with van der Waals surface area (Å²) >= 11 is 0. The van der Waals surface area contributed by atoms with Crippen LogP contribution in [0.25, 0.3) is 0 Å². The van der Waals surface area contributed by atoms with Crippen molar-refractivity contribution in [1.29, 1.82) is 5.41 Å². The number of carbonyl (C=O) groups excluding carboxylic acids is 1. The largest absolute Gasteiger partial charge is 0.466 e. The molecule has 4 aliphatic carbocycles. The van der Waals surface area contributed by atoms with Gasteiger partial charge in [-0.25, -0.2) is 0 Å². The summed E-state index contributed by atoms with van der Waals surface area (Å²) in [6, 6.07) is 0. The molecule has 3 saturated carbocycles. The third kappa shape index (κ3) is 3.51. The van der Waals surface area contributed by atoms with Crippen LogP contribution in [0.4, 0.5) is 0 Å². The van der Waals surface area contributed by atoms with Crippen molar-refractivity contribution in [2.45, 2.75) is 91.9 Å². The molecule has 3 unspecified atom stereocenters. The van der Waals surface area contributed by atoms with Gasteiger partial charge in [-0.3, -0.25) is 4.79 Å². The Morgan fingerprint density at radius 3 is 2.72 bits per heavy atom. The van der Waals surface area contributed by atoms with Gasteiger partial charge in [-0.15, -0.1) is 0 Å². The molecule has 0 aromatic carbocycles. The van der Waals surface area contributed by atoms with Crippen molar-refractivity contribution in [2.24, 2.45) is 40.4 Å². The summed E-state index contributed by atoms with van der Waals surface area (Å²) in [4.78, 5) is 11.9. The first-order valence-corrected chi connectivity index (χ1v) is 12.2. The number of fused-ring (bicyclic) bond motifs is 5. The lowest BCUT2D eigenvalue weighted by molar-refractivity contribution is -0.143. The second-order valence-electron chi connectivity index (χ2n) is 11.1. The van der Waals surface area contributed by atoms with E-state index < -0.39 is 0 Å². The van der Waals surface area contributed by atoms with Crippen LogP contribution in [0.3, 0.4) is 0 Å². The van der Waals surface area contributed by atoms with E-state index in [9.17, 15) is 4.79 Å². The first kappa shape index (κ1) is 21.1. The zero-order valence-electron chi connectivity index (χ0n) is 19.1. The molecule has 4 rings (SSSR count). The summed E-state index contributed by atoms with van der Waals surface area (Å²) in [7, 11) is 0. The lowest BCUT2D eigenvalue weighted by atomic mass is 9.46. The Morgan fingerprint density at radius 1 is 1.17 bits per heavy atom. The monoisotopic (exact) mass is 399 g/mol. The Morgan fingerprint density at radius 2 is 1.97 bits per heavy atom. The van der Waals surface area contributed by atoms with E-state index in [2.05, 4.69) is 26.8 Å². The van der Waals surface area contributed by atoms with Gasteiger partial charge >= 0.3 is 5.97 Å². The number of carbonyl (C=O) groups is 1. The predicted molar refractivity (Wildman–Crippen MR) is 118 cm³/mol. The zero-order valence-corrected chi connectivity index (χ0v) is 19.1. The molecule has 0 radical (unpaired) electrons. The number of allylic oxidation sites excluding steroid dienone is 2. The van der Waals surface area contributed by atoms with Crippen molar-refractivity contribution in [2.75, 3.05) is 6.61 Å². The highest BCUT2D eigenvalue weighted by Crippen LogP contribution is 2.67. The molecular formula is C26H41NO2. The van der Waals surface area contributed by atoms with Crippen LogP contribution in [0.2, 0.25) is 0 Å². The first-order chi connectivity index (χ1) is 13.8. The SMILES string of the molecule is CCOC(=O)CC[C@@H](C)[C@H]1CCC2C3CCC4=CC(=N)CC[C@]4(C)C3CC[C@@]21C. The molecule has 3 nitrogen and oxygen atoms in total. The van der Waals surface area contributed by atoms with Crippen LogP contribution in [0.1, 0.15) is 91.9 Å². The number of hydrogen-bond acceptors (Lipinski definition) is 3. The maximum atomic E-state index is 11.9. The van der Waals surface area contributed by atoms with Gasteiger partial charge in [0, 0.05) is 12.1 Å². The Hall–Kier alpha value is -1.12. The Balaban J connectivity index is 1.48. The zero-order chi connectivity index (χ0) is 20.8. The van der Waals surface area contributed by atoms with Gasteiger partial charge < -0.3 is 10.1 Å². The topological polar surface area (TPSA) is 50.2 Å². The standard InChI is InChI=1S/C26H41NO2/c1-5-29-24(28)11-6-17(2)21-9-10-22-20-8-7-18-16-19(27)12-14-25(18,3)23(20)13-15-26(21,22)4/h16-17,20-23,27H,5-15H2,1-4H3/t17-,20?,21-,22?,23?,25+,26-/m1/s1. The fourth-order valence-corrected chi connectivity index (χ4v) is 8.34. The average Bonchev–Trinajstić information content (AvgIpc) is 3.04. The molecule has 0 bridgehead atoms. The molecule has 3 fully saturated rings. The molecule has 0 aromatic heterocycles. The van der Waals surface area contributed by atoms with Crippen LogP contribution < -0.4 is 0 Å². The minimum atomic E-state index is -0.0230. The van der Waals surface area contributed by atoms with Gasteiger partial charge in [-0.2, -0.15) is 0 Å². The summed E-state index contributed by atoms with van der Waals surface area (Å²) in [6.45, 7) is 9.90. The molecular weight excluding hydrogens is 358 g/mol. The van der Waals surface area contributed by atoms with E-state index >= 15 is 0 Å². The van der Waals surface area contributed by atoms with Crippen molar-refractivity contribution >= 4 is 11.7 Å². The Labute approximate surface area is 177 Å². The van der Waals surface area contributed by atoms with Gasteiger partial charge in [-0.05, 0) is 111 Å². The van der Waals surface area contributed by atoms with Crippen LogP contribution >= 0.6 is 0 Å². The molecule has 3 heteroatoms. The van der Waals surface area contributed by atoms with Gasteiger partial charge in [0.2, 0.25) is 0 Å². The number of hydrogen-bond donors (Lipinski definition) is 1. The second-order valence-corrected chi connectivity index (χ2v) is 11.1. The lowest BCUT2D eigenvalue weighted by Crippen LogP contribution is -2.50. The van der Waals surface area contributed by atoms with E-state index in [-0.39, 0.29) is 5.97 Å². The molecule has 0 aromatic rings. The van der Waals surface area contributed by atoms with Crippen LogP contribution in [-0.4, -0.2) is 18.3 Å². The van der Waals surface area contributed by atoms with Gasteiger partial charge in [0.25, 0.3) is 0 Å². The van der Waals surface area contributed by atoms with Crippen LogP contribution in [0.15, 0.2) is 11.6 Å². The quantitative estimate of drug-likeness (QED) is 0.532. The highest BCUT2D eigenvalue weighted by Gasteiger charge is 2.59. The molecule has 1 N–H and O–H groups in total. The predicted octanol–water partition coefficient (Wildman–Crippen LogP) is 6.56. The molecule has 29 heavy (non-hydrogen) atoms. The normalized spacial score (nSPS) is 42.3. The molecule has 0 aliphatic heterocycles.